The first-order chi connectivity index (χ1) is 15.7. The second kappa shape index (κ2) is 11.1. The molecule has 2 atom stereocenters. The minimum Gasteiger partial charge on any atom is -0.396 e. The monoisotopic (exact) mass is 439 g/mol. The van der Waals surface area contributed by atoms with E-state index >= 15 is 0 Å². The number of nitrogens with zero attached hydrogens (tertiary/aromatic N) is 4. The van der Waals surface area contributed by atoms with Crippen LogP contribution in [0.5, 0.6) is 0 Å². The smallest absolute Gasteiger partial charge is 0.242 e. The molecule has 0 bridgehead atoms. The van der Waals surface area contributed by atoms with Gasteiger partial charge in [-0.15, -0.1) is 0 Å². The molecule has 0 radical (unpaired) electrons. The Morgan fingerprint density at radius 1 is 1.06 bits per heavy atom. The van der Waals surface area contributed by atoms with Gasteiger partial charge in [0.2, 0.25) is 23.8 Å². The number of amides is 1. The highest BCUT2D eigenvalue weighted by molar-refractivity contribution is 5.84. The van der Waals surface area contributed by atoms with Gasteiger partial charge in [-0.05, 0) is 50.0 Å². The number of carbonyl (C=O) groups is 1. The molecule has 2 aliphatic heterocycles. The van der Waals surface area contributed by atoms with E-state index in [0.29, 0.717) is 37.5 Å². The van der Waals surface area contributed by atoms with Crippen LogP contribution in [0.3, 0.4) is 0 Å². The molecular formula is C23H33N7O2. The SMILES string of the molecule is O=C1NCCCCC1Nc1nc(NCCc2ccccc2)nc(N2CCCC(CO)C2)n1. The summed E-state index contributed by atoms with van der Waals surface area (Å²) < 4.78 is 0. The summed E-state index contributed by atoms with van der Waals surface area (Å²) in [6.07, 6.45) is 5.55. The third-order valence-electron chi connectivity index (χ3n) is 6.06. The van der Waals surface area contributed by atoms with Crippen molar-refractivity contribution in [3.8, 4) is 0 Å². The summed E-state index contributed by atoms with van der Waals surface area (Å²) in [6.45, 7) is 3.12. The lowest BCUT2D eigenvalue weighted by Crippen LogP contribution is -2.39. The highest BCUT2D eigenvalue weighted by Crippen LogP contribution is 2.22. The van der Waals surface area contributed by atoms with E-state index in [9.17, 15) is 9.90 Å². The Bertz CT molecular complexity index is 880. The van der Waals surface area contributed by atoms with Crippen LogP contribution in [0.1, 0.15) is 37.7 Å². The number of anilines is 3. The second-order valence-electron chi connectivity index (χ2n) is 8.57. The number of piperidine rings is 1. The Morgan fingerprint density at radius 2 is 1.91 bits per heavy atom. The van der Waals surface area contributed by atoms with E-state index in [1.54, 1.807) is 0 Å². The molecule has 1 amide bonds. The topological polar surface area (TPSA) is 115 Å². The Morgan fingerprint density at radius 3 is 2.75 bits per heavy atom. The third-order valence-corrected chi connectivity index (χ3v) is 6.06. The zero-order valence-electron chi connectivity index (χ0n) is 18.5. The Kier molecular flexibility index (Phi) is 7.71. The number of rotatable bonds is 8. The molecule has 2 saturated heterocycles. The van der Waals surface area contributed by atoms with E-state index in [4.69, 9.17) is 0 Å². The average Bonchev–Trinajstić information content (AvgIpc) is 3.03. The van der Waals surface area contributed by atoms with E-state index < -0.39 is 0 Å². The van der Waals surface area contributed by atoms with E-state index in [1.165, 1.54) is 5.56 Å². The number of hydrogen-bond acceptors (Lipinski definition) is 8. The third kappa shape index (κ3) is 6.06. The lowest BCUT2D eigenvalue weighted by Gasteiger charge is -2.32. The second-order valence-corrected chi connectivity index (χ2v) is 8.57. The molecule has 2 fully saturated rings. The maximum Gasteiger partial charge on any atom is 0.242 e. The lowest BCUT2D eigenvalue weighted by atomic mass is 9.99. The van der Waals surface area contributed by atoms with Crippen LogP contribution in [-0.2, 0) is 11.2 Å². The highest BCUT2D eigenvalue weighted by Gasteiger charge is 2.25. The van der Waals surface area contributed by atoms with Crippen LogP contribution < -0.4 is 20.9 Å². The summed E-state index contributed by atoms with van der Waals surface area (Å²) in [7, 11) is 0. The molecule has 2 aliphatic rings. The number of carbonyl (C=O) groups excluding carboxylic acids is 1. The van der Waals surface area contributed by atoms with Gasteiger partial charge in [0, 0.05) is 32.8 Å². The molecule has 9 heteroatoms. The van der Waals surface area contributed by atoms with Gasteiger partial charge in [0.1, 0.15) is 6.04 Å². The molecule has 4 N–H and O–H groups in total. The van der Waals surface area contributed by atoms with E-state index in [0.717, 1.165) is 45.1 Å². The summed E-state index contributed by atoms with van der Waals surface area (Å²) in [6, 6.07) is 9.92. The molecule has 4 rings (SSSR count). The number of aliphatic hydroxyl groups is 1. The van der Waals surface area contributed by atoms with E-state index in [-0.39, 0.29) is 24.5 Å². The summed E-state index contributed by atoms with van der Waals surface area (Å²) >= 11 is 0. The molecule has 0 spiro atoms. The van der Waals surface area contributed by atoms with Gasteiger partial charge >= 0.3 is 0 Å². The van der Waals surface area contributed by atoms with Crippen molar-refractivity contribution in [2.45, 2.75) is 44.6 Å². The zero-order valence-corrected chi connectivity index (χ0v) is 18.5. The maximum atomic E-state index is 12.4. The summed E-state index contributed by atoms with van der Waals surface area (Å²) in [5, 5.41) is 19.1. The molecule has 2 unspecified atom stereocenters. The predicted octanol–water partition coefficient (Wildman–Crippen LogP) is 1.82. The normalized spacial score (nSPS) is 21.5. The van der Waals surface area contributed by atoms with Gasteiger partial charge in [0.25, 0.3) is 0 Å². The van der Waals surface area contributed by atoms with Crippen LogP contribution in [-0.4, -0.2) is 64.8 Å². The molecule has 9 nitrogen and oxygen atoms in total. The van der Waals surface area contributed by atoms with Crippen molar-refractivity contribution in [2.24, 2.45) is 5.92 Å². The number of benzene rings is 1. The number of nitrogens with one attached hydrogen (secondary N) is 3. The Labute approximate surface area is 189 Å². The van der Waals surface area contributed by atoms with Crippen LogP contribution >= 0.6 is 0 Å². The first kappa shape index (κ1) is 22.3. The highest BCUT2D eigenvalue weighted by atomic mass is 16.3. The average molecular weight is 440 g/mol. The van der Waals surface area contributed by atoms with Crippen molar-refractivity contribution in [3.05, 3.63) is 35.9 Å². The Balaban J connectivity index is 1.51. The van der Waals surface area contributed by atoms with Gasteiger partial charge in [-0.2, -0.15) is 15.0 Å². The van der Waals surface area contributed by atoms with Crippen LogP contribution in [0.25, 0.3) is 0 Å². The maximum absolute atomic E-state index is 12.4. The van der Waals surface area contributed by atoms with Crippen molar-refractivity contribution in [2.75, 3.05) is 48.3 Å². The number of aliphatic hydroxyl groups excluding tert-OH is 1. The van der Waals surface area contributed by atoms with Gasteiger partial charge < -0.3 is 26.0 Å². The fourth-order valence-electron chi connectivity index (χ4n) is 4.24. The van der Waals surface area contributed by atoms with Gasteiger partial charge in [-0.1, -0.05) is 30.3 Å². The molecule has 172 valence electrons. The summed E-state index contributed by atoms with van der Waals surface area (Å²) in [4.78, 5) is 28.4. The first-order valence-electron chi connectivity index (χ1n) is 11.6. The van der Waals surface area contributed by atoms with Crippen molar-refractivity contribution in [3.63, 3.8) is 0 Å². The van der Waals surface area contributed by atoms with Crippen molar-refractivity contribution in [1.82, 2.24) is 20.3 Å². The largest absolute Gasteiger partial charge is 0.396 e. The fraction of sp³-hybridized carbons (Fsp3) is 0.565. The standard InChI is InChI=1S/C23H33N7O2/c31-16-18-9-6-14-30(15-18)23-28-21(25-13-11-17-7-2-1-3-8-17)27-22(29-23)26-19-10-4-5-12-24-20(19)32/h1-3,7-8,18-19,31H,4-6,9-16H2,(H,24,32)(H2,25,26,27,28,29). The number of hydrogen-bond donors (Lipinski definition) is 4. The predicted molar refractivity (Wildman–Crippen MR) is 125 cm³/mol. The van der Waals surface area contributed by atoms with Crippen molar-refractivity contribution < 1.29 is 9.90 Å². The van der Waals surface area contributed by atoms with Gasteiger partial charge in [0.15, 0.2) is 0 Å². The molecule has 2 aromatic rings. The lowest BCUT2D eigenvalue weighted by molar-refractivity contribution is -0.121. The molecule has 32 heavy (non-hydrogen) atoms. The van der Waals surface area contributed by atoms with Crippen LogP contribution in [0, 0.1) is 5.92 Å². The van der Waals surface area contributed by atoms with Gasteiger partial charge in [-0.3, -0.25) is 4.79 Å². The van der Waals surface area contributed by atoms with E-state index in [2.05, 4.69) is 47.9 Å². The molecule has 1 aromatic carbocycles. The summed E-state index contributed by atoms with van der Waals surface area (Å²) in [5.74, 6) is 1.69. The molecule has 3 heterocycles. The first-order valence-corrected chi connectivity index (χ1v) is 11.6. The van der Waals surface area contributed by atoms with Crippen molar-refractivity contribution in [1.29, 1.82) is 0 Å². The summed E-state index contributed by atoms with van der Waals surface area (Å²) in [5.41, 5.74) is 1.24. The zero-order chi connectivity index (χ0) is 22.2. The molecule has 0 saturated carbocycles. The minimum absolute atomic E-state index is 0.0126. The van der Waals surface area contributed by atoms with Gasteiger partial charge in [0.05, 0.1) is 0 Å². The fourth-order valence-corrected chi connectivity index (χ4v) is 4.24. The van der Waals surface area contributed by atoms with Crippen molar-refractivity contribution >= 4 is 23.8 Å². The van der Waals surface area contributed by atoms with Crippen LogP contribution in [0.15, 0.2) is 30.3 Å². The van der Waals surface area contributed by atoms with Gasteiger partial charge in [-0.25, -0.2) is 0 Å². The van der Waals surface area contributed by atoms with Crippen LogP contribution in [0.4, 0.5) is 17.8 Å². The number of aromatic nitrogens is 3. The van der Waals surface area contributed by atoms with E-state index in [1.807, 2.05) is 18.2 Å². The molecule has 0 aliphatic carbocycles. The minimum atomic E-state index is -0.350. The Hall–Kier alpha value is -2.94. The molecule has 1 aromatic heterocycles. The molecular weight excluding hydrogens is 406 g/mol. The van der Waals surface area contributed by atoms with Crippen LogP contribution in [0.2, 0.25) is 0 Å². The quantitative estimate of drug-likeness (QED) is 0.492.